The third-order valence-electron chi connectivity index (χ3n) is 1.92. The third kappa shape index (κ3) is 3.56. The molecule has 0 amide bonds. The van der Waals surface area contributed by atoms with Crippen LogP contribution in [0.15, 0.2) is 16.9 Å². The average molecular weight is 168 g/mol. The predicted octanol–water partition coefficient (Wildman–Crippen LogP) is 2.52. The van der Waals surface area contributed by atoms with E-state index in [-0.39, 0.29) is 0 Å². The van der Waals surface area contributed by atoms with E-state index in [9.17, 15) is 0 Å². The second-order valence-corrected chi connectivity index (χ2v) is 3.63. The molecule has 0 rings (SSSR count). The molecule has 0 atom stereocenters. The Balaban J connectivity index is 4.37. The first kappa shape index (κ1) is 11.2. The second kappa shape index (κ2) is 4.96. The van der Waals surface area contributed by atoms with E-state index in [0.717, 1.165) is 5.70 Å². The van der Waals surface area contributed by atoms with Crippen molar-refractivity contribution in [1.82, 2.24) is 4.90 Å². The van der Waals surface area contributed by atoms with Crippen LogP contribution in [-0.2, 0) is 0 Å². The summed E-state index contributed by atoms with van der Waals surface area (Å²) in [5.74, 6) is 0.448. The zero-order chi connectivity index (χ0) is 9.72. The zero-order valence-corrected chi connectivity index (χ0v) is 8.83. The lowest BCUT2D eigenvalue weighted by Gasteiger charge is -2.20. The summed E-state index contributed by atoms with van der Waals surface area (Å²) < 4.78 is 0. The Morgan fingerprint density at radius 2 is 1.83 bits per heavy atom. The maximum atomic E-state index is 3.98. The zero-order valence-electron chi connectivity index (χ0n) is 8.83. The first-order chi connectivity index (χ1) is 5.49. The normalized spacial score (nSPS) is 12.4. The minimum absolute atomic E-state index is 0.448. The minimum atomic E-state index is 0.448. The summed E-state index contributed by atoms with van der Waals surface area (Å²) in [5.41, 5.74) is 1.05. The fourth-order valence-electron chi connectivity index (χ4n) is 0.730. The summed E-state index contributed by atoms with van der Waals surface area (Å²) in [5, 5.41) is 0. The largest absolute Gasteiger partial charge is 0.377 e. The number of nitrogens with zero attached hydrogens (tertiary/aromatic N) is 2. The number of allylic oxidation sites excluding steroid dienone is 1. The van der Waals surface area contributed by atoms with Gasteiger partial charge < -0.3 is 4.90 Å². The van der Waals surface area contributed by atoms with E-state index in [1.54, 1.807) is 0 Å². The minimum Gasteiger partial charge on any atom is -0.377 e. The van der Waals surface area contributed by atoms with Gasteiger partial charge in [-0.1, -0.05) is 13.8 Å². The van der Waals surface area contributed by atoms with Gasteiger partial charge in [0.1, 0.15) is 0 Å². The summed E-state index contributed by atoms with van der Waals surface area (Å²) in [4.78, 5) is 6.12. The number of hydrogen-bond donors (Lipinski definition) is 0. The first-order valence-electron chi connectivity index (χ1n) is 4.39. The topological polar surface area (TPSA) is 15.6 Å². The molecule has 0 N–H and O–H groups in total. The lowest BCUT2D eigenvalue weighted by Crippen LogP contribution is -2.21. The number of rotatable bonds is 4. The molecule has 12 heavy (non-hydrogen) atoms. The third-order valence-corrected chi connectivity index (χ3v) is 1.92. The molecule has 0 aromatic heterocycles. The molecular weight excluding hydrogens is 148 g/mol. The Bertz CT molecular complexity index is 169. The lowest BCUT2D eigenvalue weighted by atomic mass is 10.1. The summed E-state index contributed by atoms with van der Waals surface area (Å²) >= 11 is 0. The van der Waals surface area contributed by atoms with Crippen molar-refractivity contribution in [2.75, 3.05) is 7.05 Å². The summed E-state index contributed by atoms with van der Waals surface area (Å²) in [6.07, 6.45) is 2.06. The number of aliphatic imine (C=N–C) groups is 1. The Morgan fingerprint density at radius 1 is 1.33 bits per heavy atom. The van der Waals surface area contributed by atoms with Gasteiger partial charge in [0, 0.05) is 19.3 Å². The van der Waals surface area contributed by atoms with Gasteiger partial charge in [0.15, 0.2) is 0 Å². The van der Waals surface area contributed by atoms with Crippen LogP contribution < -0.4 is 0 Å². The van der Waals surface area contributed by atoms with Crippen LogP contribution in [0.1, 0.15) is 27.7 Å². The average Bonchev–Trinajstić information content (AvgIpc) is 1.98. The maximum absolute atomic E-state index is 3.98. The van der Waals surface area contributed by atoms with Crippen molar-refractivity contribution < 1.29 is 0 Å². The van der Waals surface area contributed by atoms with Crippen LogP contribution >= 0.6 is 0 Å². The van der Waals surface area contributed by atoms with E-state index in [2.05, 4.69) is 57.6 Å². The molecule has 0 aliphatic rings. The highest BCUT2D eigenvalue weighted by atomic mass is 15.1. The van der Waals surface area contributed by atoms with E-state index in [1.807, 2.05) is 0 Å². The van der Waals surface area contributed by atoms with Crippen molar-refractivity contribution in [3.8, 4) is 0 Å². The molecule has 0 radical (unpaired) electrons. The summed E-state index contributed by atoms with van der Waals surface area (Å²) in [7, 11) is 2.05. The Kier molecular flexibility index (Phi) is 4.64. The molecule has 2 heteroatoms. The monoisotopic (exact) mass is 168 g/mol. The van der Waals surface area contributed by atoms with Crippen LogP contribution in [0.2, 0.25) is 0 Å². The standard InChI is InChI=1S/C10H20N2/c1-8(2)10(11-5)7-12(6)9(3)4/h7-9H,5H2,1-4,6H3/b10-7-. The van der Waals surface area contributed by atoms with Gasteiger partial charge in [0.25, 0.3) is 0 Å². The van der Waals surface area contributed by atoms with Crippen molar-refractivity contribution >= 4 is 6.72 Å². The smallest absolute Gasteiger partial charge is 0.0580 e. The van der Waals surface area contributed by atoms with Crippen molar-refractivity contribution in [3.05, 3.63) is 11.9 Å². The van der Waals surface area contributed by atoms with Gasteiger partial charge in [-0.05, 0) is 26.5 Å². The van der Waals surface area contributed by atoms with Gasteiger partial charge in [-0.15, -0.1) is 0 Å². The van der Waals surface area contributed by atoms with E-state index in [4.69, 9.17) is 0 Å². The van der Waals surface area contributed by atoms with Crippen molar-refractivity contribution in [1.29, 1.82) is 0 Å². The van der Waals surface area contributed by atoms with Crippen LogP contribution in [0.3, 0.4) is 0 Å². The molecule has 0 unspecified atom stereocenters. The molecule has 0 bridgehead atoms. The number of hydrogen-bond acceptors (Lipinski definition) is 2. The Labute approximate surface area is 76.0 Å². The second-order valence-electron chi connectivity index (χ2n) is 3.63. The summed E-state index contributed by atoms with van der Waals surface area (Å²) in [6.45, 7) is 12.1. The van der Waals surface area contributed by atoms with Crippen molar-refractivity contribution in [3.63, 3.8) is 0 Å². The van der Waals surface area contributed by atoms with Gasteiger partial charge in [-0.25, -0.2) is 0 Å². The fourth-order valence-corrected chi connectivity index (χ4v) is 0.730. The van der Waals surface area contributed by atoms with Crippen LogP contribution in [0.5, 0.6) is 0 Å². The molecule has 0 aliphatic heterocycles. The molecular formula is C10H20N2. The van der Waals surface area contributed by atoms with Gasteiger partial charge >= 0.3 is 0 Å². The SMILES string of the molecule is C=N/C(=C\N(C)C(C)C)C(C)C. The van der Waals surface area contributed by atoms with E-state index in [0.29, 0.717) is 12.0 Å². The lowest BCUT2D eigenvalue weighted by molar-refractivity contribution is 0.369. The molecule has 0 aliphatic carbocycles. The Morgan fingerprint density at radius 3 is 2.08 bits per heavy atom. The van der Waals surface area contributed by atoms with Gasteiger partial charge in [-0.2, -0.15) is 0 Å². The Hall–Kier alpha value is -0.790. The highest BCUT2D eigenvalue weighted by molar-refractivity contribution is 5.29. The van der Waals surface area contributed by atoms with Gasteiger partial charge in [0.2, 0.25) is 0 Å². The fraction of sp³-hybridized carbons (Fsp3) is 0.700. The van der Waals surface area contributed by atoms with Crippen molar-refractivity contribution in [2.24, 2.45) is 10.9 Å². The van der Waals surface area contributed by atoms with E-state index < -0.39 is 0 Å². The molecule has 0 aromatic rings. The van der Waals surface area contributed by atoms with Gasteiger partial charge in [-0.3, -0.25) is 4.99 Å². The molecule has 0 aromatic carbocycles. The summed E-state index contributed by atoms with van der Waals surface area (Å²) in [6, 6.07) is 0.514. The van der Waals surface area contributed by atoms with Crippen LogP contribution in [0.4, 0.5) is 0 Å². The van der Waals surface area contributed by atoms with Crippen LogP contribution in [0, 0.1) is 5.92 Å². The molecule has 0 fully saturated rings. The highest BCUT2D eigenvalue weighted by Gasteiger charge is 2.03. The highest BCUT2D eigenvalue weighted by Crippen LogP contribution is 2.11. The van der Waals surface area contributed by atoms with Crippen molar-refractivity contribution in [2.45, 2.75) is 33.7 Å². The predicted molar refractivity (Wildman–Crippen MR) is 55.4 cm³/mol. The van der Waals surface area contributed by atoms with Crippen LogP contribution in [0.25, 0.3) is 0 Å². The molecule has 70 valence electrons. The molecule has 2 nitrogen and oxygen atoms in total. The van der Waals surface area contributed by atoms with Gasteiger partial charge in [0.05, 0.1) is 5.70 Å². The molecule has 0 heterocycles. The quantitative estimate of drug-likeness (QED) is 0.589. The van der Waals surface area contributed by atoms with Crippen LogP contribution in [-0.4, -0.2) is 24.7 Å². The van der Waals surface area contributed by atoms with E-state index in [1.165, 1.54) is 0 Å². The molecule has 0 saturated heterocycles. The van der Waals surface area contributed by atoms with E-state index >= 15 is 0 Å². The molecule has 0 saturated carbocycles. The molecule has 0 spiro atoms. The maximum Gasteiger partial charge on any atom is 0.0580 e. The first-order valence-corrected chi connectivity index (χ1v) is 4.39.